The van der Waals surface area contributed by atoms with Crippen molar-refractivity contribution in [2.24, 2.45) is 0 Å². The van der Waals surface area contributed by atoms with Gasteiger partial charge in [-0.05, 0) is 12.1 Å². The Kier molecular flexibility index (Phi) is 3.81. The van der Waals surface area contributed by atoms with Gasteiger partial charge in [0.15, 0.2) is 6.10 Å². The Labute approximate surface area is 101 Å². The Morgan fingerprint density at radius 2 is 2.22 bits per heavy atom. The molecule has 18 heavy (non-hydrogen) atoms. The van der Waals surface area contributed by atoms with Crippen molar-refractivity contribution in [1.29, 1.82) is 5.26 Å². The van der Waals surface area contributed by atoms with Crippen molar-refractivity contribution in [1.82, 2.24) is 0 Å². The second kappa shape index (κ2) is 5.11. The summed E-state index contributed by atoms with van der Waals surface area (Å²) in [6, 6.07) is 3.84. The normalized spacial score (nSPS) is 11.4. The third-order valence-corrected chi connectivity index (χ3v) is 2.20. The number of methoxy groups -OCH3 is 1. The van der Waals surface area contributed by atoms with E-state index in [0.29, 0.717) is 0 Å². The zero-order valence-electron chi connectivity index (χ0n) is 9.15. The first kappa shape index (κ1) is 13.4. The second-order valence-corrected chi connectivity index (χ2v) is 3.19. The second-order valence-electron chi connectivity index (χ2n) is 3.19. The van der Waals surface area contributed by atoms with E-state index in [1.807, 2.05) is 0 Å². The summed E-state index contributed by atoms with van der Waals surface area (Å²) >= 11 is 0. The lowest BCUT2D eigenvalue weighted by atomic mass is 10.0. The van der Waals surface area contributed by atoms with Crippen LogP contribution in [0.1, 0.15) is 17.2 Å². The van der Waals surface area contributed by atoms with E-state index in [1.165, 1.54) is 0 Å². The fourth-order valence-corrected chi connectivity index (χ4v) is 1.42. The number of nitrogens with zero attached hydrogens (tertiary/aromatic N) is 2. The number of carbonyl (C=O) groups is 1. The summed E-state index contributed by atoms with van der Waals surface area (Å²) in [6.07, 6.45) is -2.06. The SMILES string of the molecule is COc1c(C#N)ccc(C(O)C(=O)O)c1[N+](=O)[O-]. The summed E-state index contributed by atoms with van der Waals surface area (Å²) in [6.45, 7) is 0. The van der Waals surface area contributed by atoms with Crippen LogP contribution in [0.3, 0.4) is 0 Å². The van der Waals surface area contributed by atoms with Gasteiger partial charge in [-0.1, -0.05) is 0 Å². The molecule has 8 nitrogen and oxygen atoms in total. The number of benzene rings is 1. The Hall–Kier alpha value is -2.66. The number of ether oxygens (including phenoxy) is 1. The van der Waals surface area contributed by atoms with Crippen LogP contribution in [-0.4, -0.2) is 28.2 Å². The van der Waals surface area contributed by atoms with Crippen molar-refractivity contribution < 1.29 is 24.7 Å². The van der Waals surface area contributed by atoms with E-state index in [4.69, 9.17) is 15.1 Å². The first-order chi connectivity index (χ1) is 8.43. The van der Waals surface area contributed by atoms with Gasteiger partial charge in [-0.3, -0.25) is 10.1 Å². The zero-order chi connectivity index (χ0) is 13.9. The maximum atomic E-state index is 10.9. The Bertz CT molecular complexity index is 548. The Morgan fingerprint density at radius 3 is 2.61 bits per heavy atom. The van der Waals surface area contributed by atoms with E-state index in [-0.39, 0.29) is 11.3 Å². The molecule has 1 rings (SSSR count). The molecule has 94 valence electrons. The Morgan fingerprint density at radius 1 is 1.61 bits per heavy atom. The molecule has 8 heteroatoms. The third-order valence-electron chi connectivity index (χ3n) is 2.20. The largest absolute Gasteiger partial charge is 0.489 e. The van der Waals surface area contributed by atoms with Crippen LogP contribution in [0, 0.1) is 21.4 Å². The van der Waals surface area contributed by atoms with Crippen molar-refractivity contribution >= 4 is 11.7 Å². The van der Waals surface area contributed by atoms with Crippen LogP contribution < -0.4 is 4.74 Å². The summed E-state index contributed by atoms with van der Waals surface area (Å²) in [5, 5.41) is 37.7. The van der Waals surface area contributed by atoms with E-state index in [0.717, 1.165) is 19.2 Å². The highest BCUT2D eigenvalue weighted by atomic mass is 16.6. The van der Waals surface area contributed by atoms with Gasteiger partial charge in [0.1, 0.15) is 11.6 Å². The smallest absolute Gasteiger partial charge is 0.337 e. The van der Waals surface area contributed by atoms with Gasteiger partial charge in [0.2, 0.25) is 5.75 Å². The number of nitro benzene ring substituents is 1. The number of aliphatic hydroxyl groups excluding tert-OH is 1. The van der Waals surface area contributed by atoms with E-state index in [9.17, 15) is 20.0 Å². The maximum Gasteiger partial charge on any atom is 0.337 e. The molecule has 0 saturated carbocycles. The van der Waals surface area contributed by atoms with Crippen LogP contribution in [-0.2, 0) is 4.79 Å². The number of aliphatic hydroxyl groups is 1. The summed E-state index contributed by atoms with van der Waals surface area (Å²) in [4.78, 5) is 20.7. The van der Waals surface area contributed by atoms with E-state index in [2.05, 4.69) is 0 Å². The quantitative estimate of drug-likeness (QED) is 0.591. The topological polar surface area (TPSA) is 134 Å². The molecule has 0 aliphatic heterocycles. The molecule has 1 aromatic carbocycles. The lowest BCUT2D eigenvalue weighted by Gasteiger charge is -2.10. The van der Waals surface area contributed by atoms with Gasteiger partial charge in [-0.2, -0.15) is 5.26 Å². The average Bonchev–Trinajstić information content (AvgIpc) is 2.35. The monoisotopic (exact) mass is 252 g/mol. The van der Waals surface area contributed by atoms with Gasteiger partial charge in [0, 0.05) is 0 Å². The van der Waals surface area contributed by atoms with Crippen LogP contribution in [0.5, 0.6) is 5.75 Å². The van der Waals surface area contributed by atoms with E-state index in [1.54, 1.807) is 6.07 Å². The Balaban J connectivity index is 3.60. The molecule has 2 N–H and O–H groups in total. The summed E-state index contributed by atoms with van der Waals surface area (Å²) in [5.74, 6) is -2.01. The summed E-state index contributed by atoms with van der Waals surface area (Å²) in [5.41, 5.74) is -1.29. The van der Waals surface area contributed by atoms with Gasteiger partial charge in [0.05, 0.1) is 17.6 Å². The van der Waals surface area contributed by atoms with Crippen LogP contribution >= 0.6 is 0 Å². The van der Waals surface area contributed by atoms with Crippen LogP contribution in [0.15, 0.2) is 12.1 Å². The minimum absolute atomic E-state index is 0.120. The highest BCUT2D eigenvalue weighted by Crippen LogP contribution is 2.37. The predicted molar refractivity (Wildman–Crippen MR) is 57.0 cm³/mol. The molecule has 0 bridgehead atoms. The fourth-order valence-electron chi connectivity index (χ4n) is 1.42. The summed E-state index contributed by atoms with van der Waals surface area (Å²) in [7, 11) is 1.11. The van der Waals surface area contributed by atoms with Crippen molar-refractivity contribution in [2.75, 3.05) is 7.11 Å². The van der Waals surface area contributed by atoms with Crippen LogP contribution in [0.4, 0.5) is 5.69 Å². The highest BCUT2D eigenvalue weighted by Gasteiger charge is 2.31. The molecule has 0 aliphatic rings. The molecule has 0 saturated heterocycles. The van der Waals surface area contributed by atoms with Gasteiger partial charge in [-0.15, -0.1) is 0 Å². The fraction of sp³-hybridized carbons (Fsp3) is 0.200. The molecular weight excluding hydrogens is 244 g/mol. The molecule has 0 amide bonds. The first-order valence-electron chi connectivity index (χ1n) is 4.60. The minimum atomic E-state index is -2.06. The van der Waals surface area contributed by atoms with Crippen LogP contribution in [0.2, 0.25) is 0 Å². The van der Waals surface area contributed by atoms with Crippen molar-refractivity contribution in [2.45, 2.75) is 6.10 Å². The lowest BCUT2D eigenvalue weighted by Crippen LogP contribution is -2.13. The molecule has 0 heterocycles. The number of hydrogen-bond acceptors (Lipinski definition) is 6. The number of aliphatic carboxylic acids is 1. The number of rotatable bonds is 4. The number of carboxylic acids is 1. The van der Waals surface area contributed by atoms with Crippen LogP contribution in [0.25, 0.3) is 0 Å². The summed E-state index contributed by atoms with van der Waals surface area (Å²) < 4.78 is 4.73. The molecule has 0 aliphatic carbocycles. The lowest BCUT2D eigenvalue weighted by molar-refractivity contribution is -0.387. The van der Waals surface area contributed by atoms with Crippen molar-refractivity contribution in [3.05, 3.63) is 33.4 Å². The molecule has 0 aromatic heterocycles. The highest BCUT2D eigenvalue weighted by molar-refractivity contribution is 5.77. The standard InChI is InChI=1S/C10H8N2O6/c1-18-9-5(4-11)2-3-6(7(9)12(16)17)8(13)10(14)15/h2-3,8,13H,1H3,(H,14,15). The number of hydrogen-bond donors (Lipinski definition) is 2. The van der Waals surface area contributed by atoms with Gasteiger partial charge in [-0.25, -0.2) is 4.79 Å². The molecule has 1 atom stereocenters. The number of nitriles is 1. The third kappa shape index (κ3) is 2.21. The molecular formula is C10H8N2O6. The first-order valence-corrected chi connectivity index (χ1v) is 4.60. The molecule has 1 aromatic rings. The molecule has 1 unspecified atom stereocenters. The van der Waals surface area contributed by atoms with Crippen molar-refractivity contribution in [3.63, 3.8) is 0 Å². The van der Waals surface area contributed by atoms with Crippen molar-refractivity contribution in [3.8, 4) is 11.8 Å². The van der Waals surface area contributed by atoms with E-state index >= 15 is 0 Å². The zero-order valence-corrected chi connectivity index (χ0v) is 9.15. The predicted octanol–water partition coefficient (Wildman–Crippen LogP) is 0.593. The minimum Gasteiger partial charge on any atom is -0.489 e. The van der Waals surface area contributed by atoms with Gasteiger partial charge >= 0.3 is 11.7 Å². The molecule has 0 fully saturated rings. The number of carboxylic acid groups (broad SMARTS) is 1. The maximum absolute atomic E-state index is 10.9. The average molecular weight is 252 g/mol. The van der Waals surface area contributed by atoms with Gasteiger partial charge < -0.3 is 14.9 Å². The molecule has 0 spiro atoms. The van der Waals surface area contributed by atoms with Gasteiger partial charge in [0.25, 0.3) is 0 Å². The number of nitro groups is 1. The van der Waals surface area contributed by atoms with E-state index < -0.39 is 28.2 Å². The molecule has 0 radical (unpaired) electrons.